The van der Waals surface area contributed by atoms with E-state index >= 15 is 0 Å². The smallest absolute Gasteiger partial charge is 0.387 e. The van der Waals surface area contributed by atoms with Crippen LogP contribution in [0.5, 0.6) is 5.75 Å². The summed E-state index contributed by atoms with van der Waals surface area (Å²) in [4.78, 5) is 13.8. The second-order valence-electron chi connectivity index (χ2n) is 6.95. The van der Waals surface area contributed by atoms with Crippen LogP contribution in [0.4, 0.5) is 19.5 Å². The molecule has 0 saturated carbocycles. The van der Waals surface area contributed by atoms with Crippen LogP contribution in [-0.2, 0) is 17.6 Å². The van der Waals surface area contributed by atoms with E-state index in [4.69, 9.17) is 17.0 Å². The molecule has 0 spiro atoms. The maximum absolute atomic E-state index is 12.7. The van der Waals surface area contributed by atoms with E-state index in [0.717, 1.165) is 48.1 Å². The number of benzene rings is 1. The third kappa shape index (κ3) is 5.46. The molecule has 1 aromatic heterocycles. The number of aryl methyl sites for hydroxylation is 2. The second-order valence-corrected chi connectivity index (χ2v) is 8.46. The molecule has 1 aromatic carbocycles. The average Bonchev–Trinajstić information content (AvgIpc) is 2.84. The molecule has 0 bridgehead atoms. The van der Waals surface area contributed by atoms with Gasteiger partial charge in [-0.3, -0.25) is 0 Å². The van der Waals surface area contributed by atoms with Crippen molar-refractivity contribution in [2.75, 3.05) is 17.2 Å². The highest BCUT2D eigenvalue weighted by Crippen LogP contribution is 2.38. The van der Waals surface area contributed by atoms with Crippen LogP contribution >= 0.6 is 23.6 Å². The molecular formula is C21H24F2N2O3S2. The van der Waals surface area contributed by atoms with Gasteiger partial charge >= 0.3 is 12.6 Å². The molecule has 162 valence electrons. The third-order valence-electron chi connectivity index (χ3n) is 4.73. The molecule has 0 amide bonds. The van der Waals surface area contributed by atoms with Crippen molar-refractivity contribution in [1.29, 1.82) is 0 Å². The number of thiophene rings is 1. The van der Waals surface area contributed by atoms with Crippen LogP contribution in [0.1, 0.15) is 52.5 Å². The molecule has 0 aliphatic heterocycles. The number of carbonyl (C=O) groups excluding carboxylic acids is 1. The quantitative estimate of drug-likeness (QED) is 0.321. The van der Waals surface area contributed by atoms with Gasteiger partial charge in [-0.2, -0.15) is 8.78 Å². The van der Waals surface area contributed by atoms with E-state index in [1.54, 1.807) is 19.1 Å². The molecule has 3 rings (SSSR count). The lowest BCUT2D eigenvalue weighted by molar-refractivity contribution is -0.0493. The molecule has 2 N–H and O–H groups in total. The van der Waals surface area contributed by atoms with E-state index in [1.165, 1.54) is 17.4 Å². The van der Waals surface area contributed by atoms with Gasteiger partial charge in [-0.1, -0.05) is 12.5 Å². The van der Waals surface area contributed by atoms with Crippen molar-refractivity contribution in [3.63, 3.8) is 0 Å². The standard InChI is InChI=1S/C21H24F2N2O3S2/c1-3-27-19(26)17-13-7-5-4-6-8-16(13)30-18(17)25-21(29)24-14-11-12(2)9-10-15(14)28-20(22)23/h9-11,20H,3-8H2,1-2H3,(H2,24,25,29). The fourth-order valence-corrected chi connectivity index (χ4v) is 5.01. The van der Waals surface area contributed by atoms with Gasteiger partial charge in [-0.25, -0.2) is 4.79 Å². The van der Waals surface area contributed by atoms with Crippen LogP contribution in [-0.4, -0.2) is 24.3 Å². The van der Waals surface area contributed by atoms with Crippen molar-refractivity contribution >= 4 is 45.3 Å². The number of alkyl halides is 2. The zero-order chi connectivity index (χ0) is 21.7. The van der Waals surface area contributed by atoms with E-state index < -0.39 is 6.61 Å². The summed E-state index contributed by atoms with van der Waals surface area (Å²) < 4.78 is 35.3. The first-order chi connectivity index (χ1) is 14.4. The number of fused-ring (bicyclic) bond motifs is 1. The van der Waals surface area contributed by atoms with Crippen LogP contribution in [0.25, 0.3) is 0 Å². The Morgan fingerprint density at radius 1 is 1.23 bits per heavy atom. The van der Waals surface area contributed by atoms with Crippen LogP contribution in [0.15, 0.2) is 18.2 Å². The monoisotopic (exact) mass is 454 g/mol. The molecule has 1 aliphatic rings. The number of halogens is 2. The summed E-state index contributed by atoms with van der Waals surface area (Å²) in [7, 11) is 0. The summed E-state index contributed by atoms with van der Waals surface area (Å²) >= 11 is 6.90. The fraction of sp³-hybridized carbons (Fsp3) is 0.429. The molecule has 0 radical (unpaired) electrons. The van der Waals surface area contributed by atoms with E-state index in [9.17, 15) is 13.6 Å². The zero-order valence-corrected chi connectivity index (χ0v) is 18.5. The SMILES string of the molecule is CCOC(=O)c1c(NC(=S)Nc2cc(C)ccc2OC(F)F)sc2c1CCCCC2. The van der Waals surface area contributed by atoms with Gasteiger partial charge in [0, 0.05) is 4.88 Å². The minimum Gasteiger partial charge on any atom is -0.462 e. The topological polar surface area (TPSA) is 59.6 Å². The molecular weight excluding hydrogens is 430 g/mol. The molecule has 2 aromatic rings. The molecule has 1 heterocycles. The van der Waals surface area contributed by atoms with Crippen molar-refractivity contribution in [3.05, 3.63) is 39.8 Å². The molecule has 0 fully saturated rings. The lowest BCUT2D eigenvalue weighted by Gasteiger charge is -2.15. The average molecular weight is 455 g/mol. The predicted octanol–water partition coefficient (Wildman–Crippen LogP) is 5.91. The molecule has 0 saturated heterocycles. The molecule has 0 atom stereocenters. The summed E-state index contributed by atoms with van der Waals surface area (Å²) in [5, 5.41) is 6.78. The Hall–Kier alpha value is -2.26. The van der Waals surface area contributed by atoms with Gasteiger partial charge in [-0.15, -0.1) is 11.3 Å². The van der Waals surface area contributed by atoms with Crippen molar-refractivity contribution in [3.8, 4) is 5.75 Å². The minimum atomic E-state index is -2.95. The molecule has 5 nitrogen and oxygen atoms in total. The van der Waals surface area contributed by atoms with Crippen molar-refractivity contribution in [2.45, 2.75) is 52.6 Å². The first-order valence-corrected chi connectivity index (χ1v) is 11.1. The Morgan fingerprint density at radius 2 is 2.00 bits per heavy atom. The molecule has 9 heteroatoms. The number of rotatable bonds is 6. The predicted molar refractivity (Wildman–Crippen MR) is 119 cm³/mol. The summed E-state index contributed by atoms with van der Waals surface area (Å²) in [5.41, 5.74) is 2.73. The Balaban J connectivity index is 1.85. The van der Waals surface area contributed by atoms with Gasteiger partial charge in [-0.05, 0) is 75.0 Å². The van der Waals surface area contributed by atoms with Crippen molar-refractivity contribution in [1.82, 2.24) is 0 Å². The number of carbonyl (C=O) groups is 1. The van der Waals surface area contributed by atoms with E-state index in [2.05, 4.69) is 15.4 Å². The minimum absolute atomic E-state index is 0.00710. The first kappa shape index (κ1) is 22.4. The lowest BCUT2D eigenvalue weighted by Crippen LogP contribution is -2.21. The third-order valence-corrected chi connectivity index (χ3v) is 6.14. The highest BCUT2D eigenvalue weighted by Gasteiger charge is 2.26. The maximum Gasteiger partial charge on any atom is 0.387 e. The van der Waals surface area contributed by atoms with Crippen LogP contribution < -0.4 is 15.4 Å². The van der Waals surface area contributed by atoms with Gasteiger partial charge in [0.1, 0.15) is 10.8 Å². The van der Waals surface area contributed by atoms with Crippen LogP contribution in [0, 0.1) is 6.92 Å². The number of ether oxygens (including phenoxy) is 2. The van der Waals surface area contributed by atoms with Crippen LogP contribution in [0.2, 0.25) is 0 Å². The van der Waals surface area contributed by atoms with Gasteiger partial charge in [0.2, 0.25) is 0 Å². The Labute approximate surface area is 183 Å². The second kappa shape index (κ2) is 10.2. The van der Waals surface area contributed by atoms with Gasteiger partial charge in [0.15, 0.2) is 5.11 Å². The number of thiocarbonyl (C=S) groups is 1. The molecule has 30 heavy (non-hydrogen) atoms. The van der Waals surface area contributed by atoms with Crippen molar-refractivity contribution in [2.24, 2.45) is 0 Å². The normalized spacial score (nSPS) is 13.4. The summed E-state index contributed by atoms with van der Waals surface area (Å²) in [6.45, 7) is 0.939. The van der Waals surface area contributed by atoms with Gasteiger partial charge in [0.25, 0.3) is 0 Å². The number of nitrogens with one attached hydrogen (secondary N) is 2. The number of esters is 1. The highest BCUT2D eigenvalue weighted by atomic mass is 32.1. The van der Waals surface area contributed by atoms with E-state index in [0.29, 0.717) is 16.3 Å². The zero-order valence-electron chi connectivity index (χ0n) is 16.8. The van der Waals surface area contributed by atoms with E-state index in [1.807, 2.05) is 6.92 Å². The molecule has 0 unspecified atom stereocenters. The highest BCUT2D eigenvalue weighted by molar-refractivity contribution is 7.80. The van der Waals surface area contributed by atoms with E-state index in [-0.39, 0.29) is 23.4 Å². The Morgan fingerprint density at radius 3 is 2.73 bits per heavy atom. The first-order valence-electron chi connectivity index (χ1n) is 9.84. The molecule has 1 aliphatic carbocycles. The van der Waals surface area contributed by atoms with Gasteiger partial charge in [0.05, 0.1) is 17.9 Å². The number of hydrogen-bond donors (Lipinski definition) is 2. The Kier molecular flexibility index (Phi) is 7.60. The lowest BCUT2D eigenvalue weighted by atomic mass is 10.1. The summed E-state index contributed by atoms with van der Waals surface area (Å²) in [6.07, 6.45) is 4.97. The summed E-state index contributed by atoms with van der Waals surface area (Å²) in [5.74, 6) is -0.383. The van der Waals surface area contributed by atoms with Crippen LogP contribution in [0.3, 0.4) is 0 Å². The fourth-order valence-electron chi connectivity index (χ4n) is 3.45. The largest absolute Gasteiger partial charge is 0.462 e. The summed E-state index contributed by atoms with van der Waals surface area (Å²) in [6, 6.07) is 4.81. The Bertz CT molecular complexity index is 931. The van der Waals surface area contributed by atoms with Crippen molar-refractivity contribution < 1.29 is 23.0 Å². The van der Waals surface area contributed by atoms with Gasteiger partial charge < -0.3 is 20.1 Å². The number of anilines is 2. The number of hydrogen-bond acceptors (Lipinski definition) is 5. The maximum atomic E-state index is 12.7.